The van der Waals surface area contributed by atoms with Gasteiger partial charge in [-0.05, 0) is 35.4 Å². The summed E-state index contributed by atoms with van der Waals surface area (Å²) in [6.45, 7) is 5.16. The molecule has 0 aromatic heterocycles. The zero-order valence-electron chi connectivity index (χ0n) is 14.6. The van der Waals surface area contributed by atoms with E-state index >= 15 is 0 Å². The lowest BCUT2D eigenvalue weighted by atomic mass is 10.0. The van der Waals surface area contributed by atoms with Crippen LogP contribution in [0.2, 0.25) is 0 Å². The van der Waals surface area contributed by atoms with Gasteiger partial charge < -0.3 is 5.32 Å². The van der Waals surface area contributed by atoms with Crippen LogP contribution in [0, 0.1) is 0 Å². The molecule has 0 aliphatic carbocycles. The van der Waals surface area contributed by atoms with E-state index in [0.717, 1.165) is 25.1 Å². The fourth-order valence-corrected chi connectivity index (χ4v) is 3.29. The Morgan fingerprint density at radius 1 is 1.00 bits per heavy atom. The summed E-state index contributed by atoms with van der Waals surface area (Å²) in [5, 5.41) is 3.01. The first-order chi connectivity index (χ1) is 11.6. The summed E-state index contributed by atoms with van der Waals surface area (Å²) in [6.07, 6.45) is 1.99. The number of hydrogen-bond acceptors (Lipinski definition) is 2. The molecular weight excluding hydrogens is 314 g/mol. The molecule has 0 saturated heterocycles. The quantitative estimate of drug-likeness (QED) is 0.664. The molecular formula is C21H27NOS. The molecule has 2 nitrogen and oxygen atoms in total. The van der Waals surface area contributed by atoms with Gasteiger partial charge >= 0.3 is 0 Å². The Morgan fingerprint density at radius 3 is 2.38 bits per heavy atom. The minimum atomic E-state index is 0.131. The van der Waals surface area contributed by atoms with E-state index < -0.39 is 0 Å². The van der Waals surface area contributed by atoms with Crippen molar-refractivity contribution in [2.45, 2.75) is 38.4 Å². The predicted molar refractivity (Wildman–Crippen MR) is 104 cm³/mol. The molecule has 0 unspecified atom stereocenters. The number of benzene rings is 2. The summed E-state index contributed by atoms with van der Waals surface area (Å²) in [4.78, 5) is 11.8. The molecule has 3 heteroatoms. The number of hydrogen-bond donors (Lipinski definition) is 1. The maximum Gasteiger partial charge on any atom is 0.230 e. The molecule has 0 saturated carbocycles. The highest BCUT2D eigenvalue weighted by molar-refractivity contribution is 7.99. The minimum absolute atomic E-state index is 0.131. The number of carbonyl (C=O) groups excluding carboxylic acids is 1. The highest BCUT2D eigenvalue weighted by atomic mass is 32.2. The number of aryl methyl sites for hydroxylation is 1. The number of rotatable bonds is 9. The molecule has 2 rings (SSSR count). The van der Waals surface area contributed by atoms with Gasteiger partial charge in [-0.25, -0.2) is 0 Å². The van der Waals surface area contributed by atoms with Crippen molar-refractivity contribution in [2.24, 2.45) is 0 Å². The lowest BCUT2D eigenvalue weighted by Gasteiger charge is -2.08. The van der Waals surface area contributed by atoms with Crippen LogP contribution in [0.25, 0.3) is 0 Å². The topological polar surface area (TPSA) is 29.1 Å². The Hall–Kier alpha value is -1.74. The maximum absolute atomic E-state index is 11.8. The number of nitrogens with one attached hydrogen (secondary N) is 1. The number of amides is 1. The van der Waals surface area contributed by atoms with E-state index in [2.05, 4.69) is 55.6 Å². The second kappa shape index (κ2) is 10.2. The van der Waals surface area contributed by atoms with E-state index in [4.69, 9.17) is 0 Å². The smallest absolute Gasteiger partial charge is 0.230 e. The highest BCUT2D eigenvalue weighted by Crippen LogP contribution is 2.15. The van der Waals surface area contributed by atoms with Gasteiger partial charge in [-0.1, -0.05) is 68.4 Å². The van der Waals surface area contributed by atoms with Crippen molar-refractivity contribution >= 4 is 17.7 Å². The van der Waals surface area contributed by atoms with Gasteiger partial charge in [0.1, 0.15) is 0 Å². The fourth-order valence-electron chi connectivity index (χ4n) is 2.48. The van der Waals surface area contributed by atoms with Crippen LogP contribution in [0.4, 0.5) is 0 Å². The van der Waals surface area contributed by atoms with Crippen LogP contribution in [0.5, 0.6) is 0 Å². The molecule has 24 heavy (non-hydrogen) atoms. The SMILES string of the molecule is CC(C)c1ccc(CCCNC(=O)CSCc2ccccc2)cc1. The fraction of sp³-hybridized carbons (Fsp3) is 0.381. The Labute approximate surface area is 150 Å². The van der Waals surface area contributed by atoms with E-state index in [1.54, 1.807) is 11.8 Å². The average molecular weight is 342 g/mol. The third kappa shape index (κ3) is 6.79. The van der Waals surface area contributed by atoms with Crippen molar-refractivity contribution in [1.82, 2.24) is 5.32 Å². The van der Waals surface area contributed by atoms with E-state index in [-0.39, 0.29) is 5.91 Å². The molecule has 2 aromatic rings. The Balaban J connectivity index is 1.57. The van der Waals surface area contributed by atoms with Crippen LogP contribution in [0.3, 0.4) is 0 Å². The molecule has 0 aliphatic heterocycles. The van der Waals surface area contributed by atoms with Gasteiger partial charge in [0.2, 0.25) is 5.91 Å². The van der Waals surface area contributed by atoms with Gasteiger partial charge in [-0.3, -0.25) is 4.79 Å². The van der Waals surface area contributed by atoms with Crippen molar-refractivity contribution in [3.05, 3.63) is 71.3 Å². The molecule has 128 valence electrons. The molecule has 0 aliphatic rings. The van der Waals surface area contributed by atoms with E-state index in [0.29, 0.717) is 11.7 Å². The second-order valence-electron chi connectivity index (χ2n) is 6.33. The molecule has 0 spiro atoms. The van der Waals surface area contributed by atoms with Gasteiger partial charge in [-0.2, -0.15) is 0 Å². The second-order valence-corrected chi connectivity index (χ2v) is 7.31. The Morgan fingerprint density at radius 2 is 1.71 bits per heavy atom. The van der Waals surface area contributed by atoms with Gasteiger partial charge in [0.25, 0.3) is 0 Å². The van der Waals surface area contributed by atoms with E-state index in [1.165, 1.54) is 16.7 Å². The average Bonchev–Trinajstić information content (AvgIpc) is 2.60. The first-order valence-electron chi connectivity index (χ1n) is 8.62. The molecule has 0 fully saturated rings. The van der Waals surface area contributed by atoms with Crippen LogP contribution in [-0.2, 0) is 17.0 Å². The zero-order valence-corrected chi connectivity index (χ0v) is 15.4. The third-order valence-electron chi connectivity index (χ3n) is 3.96. The van der Waals surface area contributed by atoms with Crippen LogP contribution in [0.15, 0.2) is 54.6 Å². The van der Waals surface area contributed by atoms with Crippen LogP contribution < -0.4 is 5.32 Å². The largest absolute Gasteiger partial charge is 0.355 e. The van der Waals surface area contributed by atoms with Gasteiger partial charge in [0, 0.05) is 12.3 Å². The maximum atomic E-state index is 11.8. The van der Waals surface area contributed by atoms with Crippen molar-refractivity contribution in [3.8, 4) is 0 Å². The van der Waals surface area contributed by atoms with Crippen molar-refractivity contribution in [2.75, 3.05) is 12.3 Å². The van der Waals surface area contributed by atoms with Crippen molar-refractivity contribution in [3.63, 3.8) is 0 Å². The van der Waals surface area contributed by atoms with Crippen LogP contribution >= 0.6 is 11.8 Å². The number of carbonyl (C=O) groups is 1. The van der Waals surface area contributed by atoms with Gasteiger partial charge in [0.15, 0.2) is 0 Å². The molecule has 0 atom stereocenters. The number of thioether (sulfide) groups is 1. The normalized spacial score (nSPS) is 10.8. The Bertz CT molecular complexity index is 607. The monoisotopic (exact) mass is 341 g/mol. The zero-order chi connectivity index (χ0) is 17.2. The lowest BCUT2D eigenvalue weighted by molar-refractivity contribution is -0.118. The van der Waals surface area contributed by atoms with E-state index in [1.807, 2.05) is 18.2 Å². The van der Waals surface area contributed by atoms with Crippen molar-refractivity contribution in [1.29, 1.82) is 0 Å². The molecule has 1 amide bonds. The molecule has 1 N–H and O–H groups in total. The van der Waals surface area contributed by atoms with Crippen LogP contribution in [0.1, 0.15) is 42.9 Å². The van der Waals surface area contributed by atoms with Gasteiger partial charge in [0.05, 0.1) is 5.75 Å². The van der Waals surface area contributed by atoms with Crippen LogP contribution in [-0.4, -0.2) is 18.2 Å². The standard InChI is InChI=1S/C21H27NOS/c1-17(2)20-12-10-18(11-13-20)9-6-14-22-21(23)16-24-15-19-7-4-3-5-8-19/h3-5,7-8,10-13,17H,6,9,14-16H2,1-2H3,(H,22,23). The summed E-state index contributed by atoms with van der Waals surface area (Å²) in [6, 6.07) is 19.1. The molecule has 0 heterocycles. The molecule has 0 bridgehead atoms. The van der Waals surface area contributed by atoms with E-state index in [9.17, 15) is 4.79 Å². The highest BCUT2D eigenvalue weighted by Gasteiger charge is 2.02. The first-order valence-corrected chi connectivity index (χ1v) is 9.78. The lowest BCUT2D eigenvalue weighted by Crippen LogP contribution is -2.26. The summed E-state index contributed by atoms with van der Waals surface area (Å²) in [5.41, 5.74) is 3.98. The summed E-state index contributed by atoms with van der Waals surface area (Å²) in [5.74, 6) is 2.12. The first kappa shape index (κ1) is 18.6. The molecule has 2 aromatic carbocycles. The summed E-state index contributed by atoms with van der Waals surface area (Å²) >= 11 is 1.66. The summed E-state index contributed by atoms with van der Waals surface area (Å²) in [7, 11) is 0. The third-order valence-corrected chi connectivity index (χ3v) is 4.96. The van der Waals surface area contributed by atoms with Gasteiger partial charge in [-0.15, -0.1) is 11.8 Å². The minimum Gasteiger partial charge on any atom is -0.355 e. The molecule has 0 radical (unpaired) electrons. The predicted octanol–water partition coefficient (Wildman–Crippen LogP) is 4.79. The summed E-state index contributed by atoms with van der Waals surface area (Å²) < 4.78 is 0. The Kier molecular flexibility index (Phi) is 7.90. The van der Waals surface area contributed by atoms with Crippen molar-refractivity contribution < 1.29 is 4.79 Å².